The number of tetrazole rings is 1. The van der Waals surface area contributed by atoms with Crippen LogP contribution in [0.5, 0.6) is 0 Å². The minimum Gasteiger partial charge on any atom is -0.369 e. The van der Waals surface area contributed by atoms with E-state index in [1.54, 1.807) is 18.3 Å². The maximum Gasteiger partial charge on any atom is 0.165 e. The van der Waals surface area contributed by atoms with E-state index in [9.17, 15) is 0 Å². The quantitative estimate of drug-likeness (QED) is 0.853. The topological polar surface area (TPSA) is 95.6 Å². The lowest BCUT2D eigenvalue weighted by atomic mass is 10.1. The van der Waals surface area contributed by atoms with E-state index < -0.39 is 0 Å². The zero-order chi connectivity index (χ0) is 16.4. The van der Waals surface area contributed by atoms with E-state index >= 15 is 0 Å². The molecule has 24 heavy (non-hydrogen) atoms. The van der Waals surface area contributed by atoms with E-state index in [1.807, 2.05) is 4.68 Å². The van der Waals surface area contributed by atoms with E-state index in [0.29, 0.717) is 23.3 Å². The van der Waals surface area contributed by atoms with Crippen LogP contribution in [0.1, 0.15) is 36.7 Å². The van der Waals surface area contributed by atoms with Gasteiger partial charge >= 0.3 is 0 Å². The van der Waals surface area contributed by atoms with E-state index in [4.69, 9.17) is 5.26 Å². The molecule has 3 heterocycles. The number of likely N-dealkylation sites (tertiary alicyclic amines) is 1. The Bertz CT molecular complexity index is 745. The molecule has 2 aromatic rings. The molecule has 8 nitrogen and oxygen atoms in total. The Kier molecular flexibility index (Phi) is 4.09. The van der Waals surface area contributed by atoms with Gasteiger partial charge in [0, 0.05) is 19.3 Å². The maximum atomic E-state index is 9.11. The van der Waals surface area contributed by atoms with Gasteiger partial charge in [-0.05, 0) is 54.3 Å². The third kappa shape index (κ3) is 3.21. The second kappa shape index (κ2) is 6.53. The Morgan fingerprint density at radius 2 is 2.25 bits per heavy atom. The Morgan fingerprint density at radius 1 is 1.33 bits per heavy atom. The molecule has 124 valence electrons. The highest BCUT2D eigenvalue weighted by Gasteiger charge is 2.30. The van der Waals surface area contributed by atoms with Crippen LogP contribution in [0.15, 0.2) is 18.3 Å². The van der Waals surface area contributed by atoms with Gasteiger partial charge < -0.3 is 5.32 Å². The third-order valence-corrected chi connectivity index (χ3v) is 4.68. The SMILES string of the molecule is N#Cc1cccnc1NC[C@H]1CCN(Cc2nnnn2C2CC2)C1. The predicted octanol–water partition coefficient (Wildman–Crippen LogP) is 1.21. The van der Waals surface area contributed by atoms with Crippen LogP contribution in [0.2, 0.25) is 0 Å². The molecule has 0 radical (unpaired) electrons. The number of pyridine rings is 1. The number of nitriles is 1. The summed E-state index contributed by atoms with van der Waals surface area (Å²) in [6, 6.07) is 6.26. The van der Waals surface area contributed by atoms with Gasteiger partial charge in [-0.3, -0.25) is 4.90 Å². The summed E-state index contributed by atoms with van der Waals surface area (Å²) in [5.41, 5.74) is 0.593. The van der Waals surface area contributed by atoms with E-state index in [0.717, 1.165) is 38.4 Å². The fourth-order valence-corrected chi connectivity index (χ4v) is 3.22. The molecule has 0 bridgehead atoms. The second-order valence-corrected chi connectivity index (χ2v) is 6.55. The molecular weight excluding hydrogens is 304 g/mol. The van der Waals surface area contributed by atoms with E-state index in [-0.39, 0.29) is 0 Å². The summed E-state index contributed by atoms with van der Waals surface area (Å²) in [5.74, 6) is 2.20. The van der Waals surface area contributed by atoms with E-state index in [1.165, 1.54) is 12.8 Å². The standard InChI is InChI=1S/C16H20N8/c17-8-13-2-1-6-18-16(13)19-9-12-5-7-23(10-12)11-15-20-21-22-24(15)14-3-4-14/h1-2,6,12,14H,3-5,7,9-11H2,(H,18,19)/t12-/m1/s1. The minimum atomic E-state index is 0.517. The molecule has 0 spiro atoms. The first-order valence-corrected chi connectivity index (χ1v) is 8.41. The molecule has 8 heteroatoms. The summed E-state index contributed by atoms with van der Waals surface area (Å²) in [6.45, 7) is 3.71. The van der Waals surface area contributed by atoms with Gasteiger partial charge in [0.05, 0.1) is 18.2 Å². The molecular formula is C16H20N8. The molecule has 1 saturated heterocycles. The molecule has 2 fully saturated rings. The van der Waals surface area contributed by atoms with Crippen molar-refractivity contribution < 1.29 is 0 Å². The monoisotopic (exact) mass is 324 g/mol. The molecule has 0 aromatic carbocycles. The number of anilines is 1. The molecule has 1 atom stereocenters. The summed E-state index contributed by atoms with van der Waals surface area (Å²) >= 11 is 0. The second-order valence-electron chi connectivity index (χ2n) is 6.55. The number of hydrogen-bond acceptors (Lipinski definition) is 7. The summed E-state index contributed by atoms with van der Waals surface area (Å²) in [6.07, 6.45) is 5.22. The van der Waals surface area contributed by atoms with Crippen molar-refractivity contribution in [2.75, 3.05) is 25.0 Å². The fraction of sp³-hybridized carbons (Fsp3) is 0.562. The van der Waals surface area contributed by atoms with Crippen LogP contribution in [-0.4, -0.2) is 49.7 Å². The molecule has 1 aliphatic carbocycles. The summed E-state index contributed by atoms with van der Waals surface area (Å²) in [7, 11) is 0. The number of nitrogens with one attached hydrogen (secondary N) is 1. The van der Waals surface area contributed by atoms with Crippen molar-refractivity contribution in [3.63, 3.8) is 0 Å². The van der Waals surface area contributed by atoms with Crippen molar-refractivity contribution in [3.05, 3.63) is 29.7 Å². The summed E-state index contributed by atoms with van der Waals surface area (Å²) in [5, 5.41) is 24.5. The molecule has 4 rings (SSSR count). The van der Waals surface area contributed by atoms with Crippen LogP contribution < -0.4 is 5.32 Å². The van der Waals surface area contributed by atoms with Crippen LogP contribution in [0.4, 0.5) is 5.82 Å². The highest BCUT2D eigenvalue weighted by Crippen LogP contribution is 2.34. The lowest BCUT2D eigenvalue weighted by molar-refractivity contribution is 0.302. The predicted molar refractivity (Wildman–Crippen MR) is 86.9 cm³/mol. The van der Waals surface area contributed by atoms with Crippen molar-refractivity contribution >= 4 is 5.82 Å². The Hall–Kier alpha value is -2.53. The Balaban J connectivity index is 1.30. The van der Waals surface area contributed by atoms with Gasteiger partial charge in [-0.15, -0.1) is 5.10 Å². The molecule has 0 amide bonds. The molecule has 1 aliphatic heterocycles. The Morgan fingerprint density at radius 3 is 3.08 bits per heavy atom. The van der Waals surface area contributed by atoms with Gasteiger partial charge in [-0.2, -0.15) is 5.26 Å². The first-order chi connectivity index (χ1) is 11.8. The fourth-order valence-electron chi connectivity index (χ4n) is 3.22. The van der Waals surface area contributed by atoms with Crippen molar-refractivity contribution in [2.45, 2.75) is 31.8 Å². The van der Waals surface area contributed by atoms with Crippen molar-refractivity contribution in [1.29, 1.82) is 5.26 Å². The highest BCUT2D eigenvalue weighted by molar-refractivity contribution is 5.51. The highest BCUT2D eigenvalue weighted by atomic mass is 15.6. The smallest absolute Gasteiger partial charge is 0.165 e. The molecule has 2 aliphatic rings. The van der Waals surface area contributed by atoms with Gasteiger partial charge in [0.15, 0.2) is 5.82 Å². The largest absolute Gasteiger partial charge is 0.369 e. The minimum absolute atomic E-state index is 0.517. The summed E-state index contributed by atoms with van der Waals surface area (Å²) < 4.78 is 1.98. The number of nitrogens with zero attached hydrogens (tertiary/aromatic N) is 7. The van der Waals surface area contributed by atoms with Crippen LogP contribution >= 0.6 is 0 Å². The van der Waals surface area contributed by atoms with E-state index in [2.05, 4.69) is 36.8 Å². The van der Waals surface area contributed by atoms with Gasteiger partial charge in [-0.25, -0.2) is 9.67 Å². The van der Waals surface area contributed by atoms with Gasteiger partial charge in [-0.1, -0.05) is 0 Å². The van der Waals surface area contributed by atoms with Gasteiger partial charge in [0.1, 0.15) is 11.9 Å². The first kappa shape index (κ1) is 15.0. The van der Waals surface area contributed by atoms with Crippen LogP contribution in [0.3, 0.4) is 0 Å². The van der Waals surface area contributed by atoms with Gasteiger partial charge in [0.25, 0.3) is 0 Å². The Labute approximate surface area is 140 Å². The normalized spacial score (nSPS) is 20.9. The number of aromatic nitrogens is 5. The van der Waals surface area contributed by atoms with Crippen molar-refractivity contribution in [1.82, 2.24) is 30.1 Å². The lowest BCUT2D eigenvalue weighted by Gasteiger charge is -2.16. The van der Waals surface area contributed by atoms with Crippen molar-refractivity contribution in [3.8, 4) is 6.07 Å². The number of hydrogen-bond donors (Lipinski definition) is 1. The molecule has 0 unspecified atom stereocenters. The zero-order valence-electron chi connectivity index (χ0n) is 13.5. The van der Waals surface area contributed by atoms with Crippen molar-refractivity contribution in [2.24, 2.45) is 5.92 Å². The average molecular weight is 324 g/mol. The lowest BCUT2D eigenvalue weighted by Crippen LogP contribution is -2.24. The van der Waals surface area contributed by atoms with Crippen LogP contribution in [0.25, 0.3) is 0 Å². The van der Waals surface area contributed by atoms with Gasteiger partial charge in [0.2, 0.25) is 0 Å². The number of rotatable bonds is 6. The van der Waals surface area contributed by atoms with Crippen LogP contribution in [0, 0.1) is 17.2 Å². The molecule has 2 aromatic heterocycles. The average Bonchev–Trinajstić information content (AvgIpc) is 3.19. The molecule has 1 saturated carbocycles. The first-order valence-electron chi connectivity index (χ1n) is 8.41. The van der Waals surface area contributed by atoms with Crippen LogP contribution in [-0.2, 0) is 6.54 Å². The summed E-state index contributed by atoms with van der Waals surface area (Å²) in [4.78, 5) is 6.65. The molecule has 1 N–H and O–H groups in total. The zero-order valence-corrected chi connectivity index (χ0v) is 13.5. The third-order valence-electron chi connectivity index (χ3n) is 4.68. The maximum absolute atomic E-state index is 9.11.